The second kappa shape index (κ2) is 8.66. The highest BCUT2D eigenvalue weighted by Gasteiger charge is 2.07. The molecule has 0 aliphatic heterocycles. The molecule has 0 fully saturated rings. The quantitative estimate of drug-likeness (QED) is 0.684. The van der Waals surface area contributed by atoms with Crippen LogP contribution in [0.15, 0.2) is 61.2 Å². The molecular weight excluding hydrogens is 333 g/mol. The van der Waals surface area contributed by atoms with E-state index in [1.54, 1.807) is 24.5 Å². The first-order valence-electron chi connectivity index (χ1n) is 8.18. The number of carbonyl (C=O) groups excluding carboxylic acids is 1. The number of rotatable bonds is 7. The largest absolute Gasteiger partial charge is 0.352 e. The lowest BCUT2D eigenvalue weighted by molar-refractivity contribution is 0.0953. The Bertz CT molecular complexity index is 838. The number of anilines is 1. The molecule has 0 aliphatic rings. The Morgan fingerprint density at radius 2 is 1.65 bits per heavy atom. The molecule has 1 aromatic carbocycles. The maximum Gasteiger partial charge on any atom is 0.254 e. The maximum absolute atomic E-state index is 12.9. The minimum absolute atomic E-state index is 0.243. The van der Waals surface area contributed by atoms with Crippen LogP contribution in [-0.4, -0.2) is 27.4 Å². The van der Waals surface area contributed by atoms with Gasteiger partial charge in [0, 0.05) is 37.9 Å². The first-order valence-corrected chi connectivity index (χ1v) is 8.18. The third-order valence-electron chi connectivity index (χ3n) is 3.73. The number of carbonyl (C=O) groups is 1. The molecule has 3 rings (SSSR count). The van der Waals surface area contributed by atoms with Crippen molar-refractivity contribution in [1.82, 2.24) is 20.3 Å². The Hall–Kier alpha value is -3.35. The van der Waals surface area contributed by atoms with Crippen molar-refractivity contribution in [3.05, 3.63) is 83.7 Å². The van der Waals surface area contributed by atoms with Crippen LogP contribution in [-0.2, 0) is 13.0 Å². The molecule has 7 heteroatoms. The van der Waals surface area contributed by atoms with Gasteiger partial charge in [-0.2, -0.15) is 0 Å². The van der Waals surface area contributed by atoms with Crippen molar-refractivity contribution in [1.29, 1.82) is 0 Å². The molecule has 26 heavy (non-hydrogen) atoms. The number of pyridine rings is 1. The summed E-state index contributed by atoms with van der Waals surface area (Å²) in [7, 11) is 0. The summed E-state index contributed by atoms with van der Waals surface area (Å²) in [6.45, 7) is 1.03. The summed E-state index contributed by atoms with van der Waals surface area (Å²) >= 11 is 0. The van der Waals surface area contributed by atoms with Crippen LogP contribution in [0.25, 0.3) is 0 Å². The van der Waals surface area contributed by atoms with Crippen LogP contribution in [0.3, 0.4) is 0 Å². The number of amides is 1. The number of nitrogens with one attached hydrogen (secondary N) is 2. The third-order valence-corrected chi connectivity index (χ3v) is 3.73. The molecule has 0 unspecified atom stereocenters. The average molecular weight is 351 g/mol. The number of hydrogen-bond donors (Lipinski definition) is 2. The fourth-order valence-electron chi connectivity index (χ4n) is 2.29. The molecule has 1 amide bonds. The number of halogens is 1. The van der Waals surface area contributed by atoms with Gasteiger partial charge in [0.25, 0.3) is 5.91 Å². The van der Waals surface area contributed by atoms with Gasteiger partial charge in [-0.1, -0.05) is 12.1 Å². The summed E-state index contributed by atoms with van der Waals surface area (Å²) in [6, 6.07) is 10.0. The number of aromatic nitrogens is 3. The van der Waals surface area contributed by atoms with E-state index < -0.39 is 0 Å². The summed E-state index contributed by atoms with van der Waals surface area (Å²) in [5.41, 5.74) is 2.41. The minimum atomic E-state index is -0.271. The summed E-state index contributed by atoms with van der Waals surface area (Å²) < 4.78 is 12.9. The molecule has 2 N–H and O–H groups in total. The minimum Gasteiger partial charge on any atom is -0.352 e. The van der Waals surface area contributed by atoms with Crippen molar-refractivity contribution >= 4 is 11.9 Å². The van der Waals surface area contributed by atoms with Crippen molar-refractivity contribution in [3.63, 3.8) is 0 Å². The average Bonchev–Trinajstić information content (AvgIpc) is 2.69. The Balaban J connectivity index is 1.46. The molecule has 0 bridgehead atoms. The molecule has 0 atom stereocenters. The van der Waals surface area contributed by atoms with Crippen LogP contribution in [0.4, 0.5) is 10.3 Å². The zero-order valence-corrected chi connectivity index (χ0v) is 14.0. The van der Waals surface area contributed by atoms with Crippen molar-refractivity contribution in [3.8, 4) is 0 Å². The SMILES string of the molecule is O=C(NCCc1ccc(F)cc1)c1cnc(NCc2ccncc2)nc1. The second-order valence-corrected chi connectivity index (χ2v) is 5.64. The van der Waals surface area contributed by atoms with Crippen LogP contribution in [0.1, 0.15) is 21.5 Å². The highest BCUT2D eigenvalue weighted by Crippen LogP contribution is 2.05. The fraction of sp³-hybridized carbons (Fsp3) is 0.158. The molecule has 2 aromatic heterocycles. The van der Waals surface area contributed by atoms with E-state index in [1.165, 1.54) is 24.5 Å². The van der Waals surface area contributed by atoms with Crippen LogP contribution < -0.4 is 10.6 Å². The Morgan fingerprint density at radius 1 is 0.962 bits per heavy atom. The summed E-state index contributed by atoms with van der Waals surface area (Å²) in [5.74, 6) is -0.0648. The first kappa shape index (κ1) is 17.5. The van der Waals surface area contributed by atoms with E-state index in [0.717, 1.165) is 11.1 Å². The van der Waals surface area contributed by atoms with Crippen molar-refractivity contribution in [2.75, 3.05) is 11.9 Å². The molecule has 2 heterocycles. The summed E-state index contributed by atoms with van der Waals surface area (Å²) in [5, 5.41) is 5.88. The van der Waals surface area contributed by atoms with E-state index in [-0.39, 0.29) is 11.7 Å². The Kier molecular flexibility index (Phi) is 5.82. The molecule has 0 aliphatic carbocycles. The van der Waals surface area contributed by atoms with Crippen LogP contribution in [0, 0.1) is 5.82 Å². The highest BCUT2D eigenvalue weighted by molar-refractivity contribution is 5.93. The van der Waals surface area contributed by atoms with Crippen molar-refractivity contribution in [2.45, 2.75) is 13.0 Å². The van der Waals surface area contributed by atoms with Gasteiger partial charge in [-0.25, -0.2) is 14.4 Å². The second-order valence-electron chi connectivity index (χ2n) is 5.64. The van der Waals surface area contributed by atoms with Gasteiger partial charge < -0.3 is 10.6 Å². The van der Waals surface area contributed by atoms with Crippen molar-refractivity contribution < 1.29 is 9.18 Å². The fourth-order valence-corrected chi connectivity index (χ4v) is 2.29. The lowest BCUT2D eigenvalue weighted by Gasteiger charge is -2.07. The van der Waals surface area contributed by atoms with Gasteiger partial charge in [0.15, 0.2) is 0 Å². The Morgan fingerprint density at radius 3 is 2.35 bits per heavy atom. The first-order chi connectivity index (χ1) is 12.7. The monoisotopic (exact) mass is 351 g/mol. The van der Waals surface area contributed by atoms with E-state index in [2.05, 4.69) is 25.6 Å². The summed E-state index contributed by atoms with van der Waals surface area (Å²) in [6.07, 6.45) is 7.02. The Labute approximate surface area is 150 Å². The van der Waals surface area contributed by atoms with E-state index in [1.807, 2.05) is 12.1 Å². The van der Waals surface area contributed by atoms with Crippen LogP contribution >= 0.6 is 0 Å². The smallest absolute Gasteiger partial charge is 0.254 e. The topological polar surface area (TPSA) is 79.8 Å². The van der Waals surface area contributed by atoms with E-state index in [0.29, 0.717) is 31.0 Å². The predicted molar refractivity (Wildman–Crippen MR) is 96.0 cm³/mol. The van der Waals surface area contributed by atoms with Gasteiger partial charge in [0.05, 0.1) is 5.56 Å². The van der Waals surface area contributed by atoms with Gasteiger partial charge in [-0.3, -0.25) is 9.78 Å². The van der Waals surface area contributed by atoms with Gasteiger partial charge in [0.2, 0.25) is 5.95 Å². The molecule has 6 nitrogen and oxygen atoms in total. The number of benzene rings is 1. The van der Waals surface area contributed by atoms with Gasteiger partial charge >= 0.3 is 0 Å². The van der Waals surface area contributed by atoms with Gasteiger partial charge in [0.1, 0.15) is 5.82 Å². The maximum atomic E-state index is 12.9. The zero-order chi connectivity index (χ0) is 18.2. The van der Waals surface area contributed by atoms with Crippen molar-refractivity contribution in [2.24, 2.45) is 0 Å². The predicted octanol–water partition coefficient (Wildman–Crippen LogP) is 2.60. The molecule has 3 aromatic rings. The lowest BCUT2D eigenvalue weighted by Crippen LogP contribution is -2.26. The van der Waals surface area contributed by atoms with Gasteiger partial charge in [-0.15, -0.1) is 0 Å². The molecule has 132 valence electrons. The number of nitrogens with zero attached hydrogens (tertiary/aromatic N) is 3. The number of hydrogen-bond acceptors (Lipinski definition) is 5. The van der Waals surface area contributed by atoms with E-state index >= 15 is 0 Å². The molecule has 0 spiro atoms. The van der Waals surface area contributed by atoms with Crippen LogP contribution in [0.5, 0.6) is 0 Å². The normalized spacial score (nSPS) is 10.3. The third kappa shape index (κ3) is 5.07. The summed E-state index contributed by atoms with van der Waals surface area (Å²) in [4.78, 5) is 24.4. The standard InChI is InChI=1S/C19H18FN5O/c20-17-3-1-14(2-4-17)7-10-22-18(26)16-12-24-19(25-13-16)23-11-15-5-8-21-9-6-15/h1-6,8-9,12-13H,7,10-11H2,(H,22,26)(H,23,24,25). The van der Waals surface area contributed by atoms with Gasteiger partial charge in [-0.05, 0) is 41.8 Å². The molecular formula is C19H18FN5O. The van der Waals surface area contributed by atoms with Crippen LogP contribution in [0.2, 0.25) is 0 Å². The van der Waals surface area contributed by atoms with E-state index in [9.17, 15) is 9.18 Å². The highest BCUT2D eigenvalue weighted by atomic mass is 19.1. The zero-order valence-electron chi connectivity index (χ0n) is 14.0. The van der Waals surface area contributed by atoms with E-state index in [4.69, 9.17) is 0 Å². The molecule has 0 saturated heterocycles. The lowest BCUT2D eigenvalue weighted by atomic mass is 10.1. The molecule has 0 saturated carbocycles. The molecule has 0 radical (unpaired) electrons.